The van der Waals surface area contributed by atoms with Gasteiger partial charge < -0.3 is 19.7 Å². The SMILES string of the molecule is Cc1cccc(C)c1OCc1ccc(C(=O)O/N=C(\N)c2ccccc2)o1. The summed E-state index contributed by atoms with van der Waals surface area (Å²) in [5.74, 6) is 0.712. The number of furan rings is 1. The number of aryl methyl sites for hydroxylation is 2. The fourth-order valence-corrected chi connectivity index (χ4v) is 2.53. The number of para-hydroxylation sites is 1. The fraction of sp³-hybridized carbons (Fsp3) is 0.143. The number of oxime groups is 1. The van der Waals surface area contributed by atoms with Crippen LogP contribution in [0.2, 0.25) is 0 Å². The molecule has 2 aromatic carbocycles. The van der Waals surface area contributed by atoms with Crippen molar-refractivity contribution in [3.63, 3.8) is 0 Å². The normalized spacial score (nSPS) is 11.3. The number of rotatable bonds is 6. The van der Waals surface area contributed by atoms with E-state index in [1.807, 2.05) is 50.2 Å². The molecule has 6 nitrogen and oxygen atoms in total. The summed E-state index contributed by atoms with van der Waals surface area (Å²) < 4.78 is 11.3. The molecule has 0 saturated heterocycles. The number of hydrogen-bond acceptors (Lipinski definition) is 5. The second-order valence-electron chi connectivity index (χ2n) is 6.00. The van der Waals surface area contributed by atoms with E-state index in [0.717, 1.165) is 16.9 Å². The molecule has 0 aliphatic heterocycles. The number of benzene rings is 2. The molecule has 0 bridgehead atoms. The molecule has 6 heteroatoms. The van der Waals surface area contributed by atoms with Crippen LogP contribution in [-0.2, 0) is 11.4 Å². The van der Waals surface area contributed by atoms with Crippen LogP contribution in [-0.4, -0.2) is 11.8 Å². The molecule has 0 fully saturated rings. The summed E-state index contributed by atoms with van der Waals surface area (Å²) in [5, 5.41) is 3.65. The van der Waals surface area contributed by atoms with E-state index in [0.29, 0.717) is 11.3 Å². The van der Waals surface area contributed by atoms with Gasteiger partial charge in [0.1, 0.15) is 18.1 Å². The van der Waals surface area contributed by atoms with E-state index in [1.165, 1.54) is 6.07 Å². The van der Waals surface area contributed by atoms with Gasteiger partial charge in [-0.1, -0.05) is 53.7 Å². The molecule has 1 aromatic heterocycles. The van der Waals surface area contributed by atoms with E-state index in [-0.39, 0.29) is 18.2 Å². The first-order valence-corrected chi connectivity index (χ1v) is 8.42. The van der Waals surface area contributed by atoms with Gasteiger partial charge in [-0.15, -0.1) is 0 Å². The van der Waals surface area contributed by atoms with Crippen LogP contribution in [0.3, 0.4) is 0 Å². The summed E-state index contributed by atoms with van der Waals surface area (Å²) >= 11 is 0. The number of nitrogens with zero attached hydrogens (tertiary/aromatic N) is 1. The van der Waals surface area contributed by atoms with Gasteiger partial charge in [0.2, 0.25) is 5.76 Å². The Morgan fingerprint density at radius 1 is 1.00 bits per heavy atom. The predicted molar refractivity (Wildman–Crippen MR) is 102 cm³/mol. The van der Waals surface area contributed by atoms with Crippen molar-refractivity contribution in [1.82, 2.24) is 0 Å². The summed E-state index contributed by atoms with van der Waals surface area (Å²) in [6.45, 7) is 4.15. The van der Waals surface area contributed by atoms with Crippen molar-refractivity contribution in [2.24, 2.45) is 10.9 Å². The summed E-state index contributed by atoms with van der Waals surface area (Å²) in [6.07, 6.45) is 0. The topological polar surface area (TPSA) is 87.0 Å². The zero-order valence-corrected chi connectivity index (χ0v) is 15.1. The first-order chi connectivity index (χ1) is 13.0. The maximum atomic E-state index is 12.1. The lowest BCUT2D eigenvalue weighted by atomic mass is 10.1. The molecule has 0 radical (unpaired) electrons. The molecule has 2 N–H and O–H groups in total. The molecule has 0 spiro atoms. The van der Waals surface area contributed by atoms with Gasteiger partial charge in [-0.3, -0.25) is 0 Å². The second kappa shape index (κ2) is 8.23. The Balaban J connectivity index is 1.61. The van der Waals surface area contributed by atoms with Crippen molar-refractivity contribution in [2.75, 3.05) is 0 Å². The maximum absolute atomic E-state index is 12.1. The predicted octanol–water partition coefficient (Wildman–Crippen LogP) is 3.95. The Labute approximate surface area is 157 Å². The van der Waals surface area contributed by atoms with Crippen LogP contribution in [0.5, 0.6) is 5.75 Å². The Hall–Kier alpha value is -3.54. The van der Waals surface area contributed by atoms with E-state index < -0.39 is 5.97 Å². The lowest BCUT2D eigenvalue weighted by Gasteiger charge is -2.10. The van der Waals surface area contributed by atoms with Crippen LogP contribution in [0, 0.1) is 13.8 Å². The number of carbonyl (C=O) groups excluding carboxylic acids is 1. The summed E-state index contributed by atoms with van der Waals surface area (Å²) in [7, 11) is 0. The van der Waals surface area contributed by atoms with Crippen molar-refractivity contribution in [3.05, 3.63) is 88.9 Å². The highest BCUT2D eigenvalue weighted by atomic mass is 16.7. The van der Waals surface area contributed by atoms with Gasteiger partial charge in [0.05, 0.1) is 0 Å². The number of hydrogen-bond donors (Lipinski definition) is 1. The highest BCUT2D eigenvalue weighted by molar-refractivity contribution is 5.97. The van der Waals surface area contributed by atoms with Crippen molar-refractivity contribution in [3.8, 4) is 5.75 Å². The van der Waals surface area contributed by atoms with E-state index in [4.69, 9.17) is 19.7 Å². The van der Waals surface area contributed by atoms with Crippen LogP contribution >= 0.6 is 0 Å². The third-order valence-corrected chi connectivity index (χ3v) is 3.93. The Bertz CT molecular complexity index is 941. The zero-order chi connectivity index (χ0) is 19.2. The Morgan fingerprint density at radius 2 is 1.70 bits per heavy atom. The van der Waals surface area contributed by atoms with Gasteiger partial charge in [-0.25, -0.2) is 4.79 Å². The largest absolute Gasteiger partial charge is 0.485 e. The second-order valence-corrected chi connectivity index (χ2v) is 6.00. The van der Waals surface area contributed by atoms with Gasteiger partial charge in [0, 0.05) is 5.56 Å². The smallest absolute Gasteiger partial charge is 0.400 e. The molecular weight excluding hydrogens is 344 g/mol. The zero-order valence-electron chi connectivity index (χ0n) is 15.1. The number of carbonyl (C=O) groups is 1. The summed E-state index contributed by atoms with van der Waals surface area (Å²) in [4.78, 5) is 16.9. The fourth-order valence-electron chi connectivity index (χ4n) is 2.53. The summed E-state index contributed by atoms with van der Waals surface area (Å²) in [6, 6.07) is 18.1. The average molecular weight is 364 g/mol. The van der Waals surface area contributed by atoms with E-state index in [2.05, 4.69) is 5.16 Å². The van der Waals surface area contributed by atoms with Gasteiger partial charge in [0.25, 0.3) is 0 Å². The molecule has 1 heterocycles. The first-order valence-electron chi connectivity index (χ1n) is 8.42. The molecule has 0 aliphatic carbocycles. The van der Waals surface area contributed by atoms with E-state index >= 15 is 0 Å². The third-order valence-electron chi connectivity index (χ3n) is 3.93. The van der Waals surface area contributed by atoms with Crippen molar-refractivity contribution < 1.29 is 18.8 Å². The van der Waals surface area contributed by atoms with Crippen LogP contribution in [0.25, 0.3) is 0 Å². The molecule has 0 aliphatic rings. The van der Waals surface area contributed by atoms with Crippen molar-refractivity contribution in [1.29, 1.82) is 0 Å². The van der Waals surface area contributed by atoms with Crippen LogP contribution in [0.15, 0.2) is 70.2 Å². The van der Waals surface area contributed by atoms with Gasteiger partial charge in [-0.2, -0.15) is 0 Å². The minimum absolute atomic E-state index is 0.0275. The van der Waals surface area contributed by atoms with Gasteiger partial charge >= 0.3 is 5.97 Å². The van der Waals surface area contributed by atoms with E-state index in [9.17, 15) is 4.79 Å². The van der Waals surface area contributed by atoms with Crippen molar-refractivity contribution in [2.45, 2.75) is 20.5 Å². The van der Waals surface area contributed by atoms with Crippen LogP contribution < -0.4 is 10.5 Å². The lowest BCUT2D eigenvalue weighted by molar-refractivity contribution is 0.0475. The number of nitrogens with two attached hydrogens (primary N) is 1. The Kier molecular flexibility index (Phi) is 5.56. The maximum Gasteiger partial charge on any atom is 0.400 e. The number of amidine groups is 1. The molecule has 0 amide bonds. The molecule has 138 valence electrons. The van der Waals surface area contributed by atoms with Crippen molar-refractivity contribution >= 4 is 11.8 Å². The molecule has 0 unspecified atom stereocenters. The monoisotopic (exact) mass is 364 g/mol. The van der Waals surface area contributed by atoms with Crippen LogP contribution in [0.1, 0.15) is 33.0 Å². The molecule has 27 heavy (non-hydrogen) atoms. The summed E-state index contributed by atoms with van der Waals surface area (Å²) in [5.41, 5.74) is 8.52. The van der Waals surface area contributed by atoms with Gasteiger partial charge in [-0.05, 0) is 37.1 Å². The lowest BCUT2D eigenvalue weighted by Crippen LogP contribution is -2.15. The minimum Gasteiger partial charge on any atom is -0.485 e. The van der Waals surface area contributed by atoms with Crippen LogP contribution in [0.4, 0.5) is 0 Å². The highest BCUT2D eigenvalue weighted by Crippen LogP contribution is 2.23. The molecule has 0 saturated carbocycles. The molecular formula is C21H20N2O4. The van der Waals surface area contributed by atoms with Gasteiger partial charge in [0.15, 0.2) is 5.84 Å². The van der Waals surface area contributed by atoms with E-state index in [1.54, 1.807) is 18.2 Å². The first kappa shape index (κ1) is 18.3. The molecule has 3 aromatic rings. The molecule has 0 atom stereocenters. The third kappa shape index (κ3) is 4.55. The number of ether oxygens (including phenoxy) is 1. The average Bonchev–Trinajstić information content (AvgIpc) is 3.15. The minimum atomic E-state index is -0.729. The standard InChI is InChI=1S/C21H20N2O4/c1-14-7-6-8-15(2)19(14)25-13-17-11-12-18(26-17)21(24)27-23-20(22)16-9-4-3-5-10-16/h3-12H,13H2,1-2H3,(H2,22,23). The quantitative estimate of drug-likeness (QED) is 0.310. The Morgan fingerprint density at radius 3 is 2.41 bits per heavy atom. The highest BCUT2D eigenvalue weighted by Gasteiger charge is 2.14. The molecule has 3 rings (SSSR count).